The van der Waals surface area contributed by atoms with E-state index in [4.69, 9.17) is 0 Å². The second kappa shape index (κ2) is 7.12. The minimum absolute atomic E-state index is 0.209. The second-order valence-electron chi connectivity index (χ2n) is 4.97. The third-order valence-electron chi connectivity index (χ3n) is 3.40. The Morgan fingerprint density at radius 2 is 1.90 bits per heavy atom. The smallest absolute Gasteiger partial charge is 0.321 e. The largest absolute Gasteiger partial charge is 0.370 e. The standard InChI is InChI=1S/C15H24FN3O/c1-6-19(7-2)15(20)17-12-8-9-14(13(16)10-12)18(5)11(3)4/h8-11H,6-7H2,1-5H3,(H,17,20). The second-order valence-corrected chi connectivity index (χ2v) is 4.97. The number of anilines is 2. The third-order valence-corrected chi connectivity index (χ3v) is 3.40. The summed E-state index contributed by atoms with van der Waals surface area (Å²) in [6.07, 6.45) is 0. The van der Waals surface area contributed by atoms with Crippen LogP contribution in [0.4, 0.5) is 20.6 Å². The molecule has 0 aliphatic rings. The lowest BCUT2D eigenvalue weighted by molar-refractivity contribution is 0.217. The first kappa shape index (κ1) is 16.3. The molecule has 0 saturated carbocycles. The van der Waals surface area contributed by atoms with Crippen LogP contribution in [0.1, 0.15) is 27.7 Å². The van der Waals surface area contributed by atoms with Crippen molar-refractivity contribution >= 4 is 17.4 Å². The van der Waals surface area contributed by atoms with Crippen molar-refractivity contribution in [2.45, 2.75) is 33.7 Å². The van der Waals surface area contributed by atoms with Crippen LogP contribution < -0.4 is 10.2 Å². The maximum Gasteiger partial charge on any atom is 0.321 e. The van der Waals surface area contributed by atoms with E-state index in [1.165, 1.54) is 6.07 Å². The Bertz CT molecular complexity index is 458. The molecule has 1 rings (SSSR count). The highest BCUT2D eigenvalue weighted by Gasteiger charge is 2.13. The number of carbonyl (C=O) groups is 1. The van der Waals surface area contributed by atoms with Gasteiger partial charge in [0.05, 0.1) is 5.69 Å². The van der Waals surface area contributed by atoms with Crippen LogP contribution in [-0.4, -0.2) is 37.1 Å². The van der Waals surface area contributed by atoms with E-state index in [0.717, 1.165) is 0 Å². The van der Waals surface area contributed by atoms with Crippen LogP contribution in [0.2, 0.25) is 0 Å². The fourth-order valence-corrected chi connectivity index (χ4v) is 1.86. The molecule has 5 heteroatoms. The van der Waals surface area contributed by atoms with Crippen LogP contribution >= 0.6 is 0 Å². The predicted molar refractivity (Wildman–Crippen MR) is 81.9 cm³/mol. The summed E-state index contributed by atoms with van der Waals surface area (Å²) in [7, 11) is 1.84. The molecule has 0 radical (unpaired) electrons. The number of carbonyl (C=O) groups excluding carboxylic acids is 1. The summed E-state index contributed by atoms with van der Waals surface area (Å²) in [6.45, 7) is 9.05. The molecule has 0 aromatic heterocycles. The van der Waals surface area contributed by atoms with Crippen molar-refractivity contribution in [1.82, 2.24) is 4.90 Å². The maximum atomic E-state index is 14.1. The van der Waals surface area contributed by atoms with Gasteiger partial charge in [0, 0.05) is 31.9 Å². The van der Waals surface area contributed by atoms with Gasteiger partial charge in [-0.3, -0.25) is 0 Å². The summed E-state index contributed by atoms with van der Waals surface area (Å²) in [6, 6.07) is 4.77. The molecule has 0 saturated heterocycles. The number of nitrogens with zero attached hydrogens (tertiary/aromatic N) is 2. The van der Waals surface area contributed by atoms with Crippen LogP contribution in [0.15, 0.2) is 18.2 Å². The fraction of sp³-hybridized carbons (Fsp3) is 0.533. The van der Waals surface area contributed by atoms with E-state index in [1.54, 1.807) is 17.0 Å². The Labute approximate surface area is 120 Å². The first-order chi connectivity index (χ1) is 9.40. The summed E-state index contributed by atoms with van der Waals surface area (Å²) in [5.74, 6) is -0.335. The molecule has 0 aliphatic carbocycles. The van der Waals surface area contributed by atoms with Gasteiger partial charge in [0.2, 0.25) is 0 Å². The molecule has 0 bridgehead atoms. The predicted octanol–water partition coefficient (Wildman–Crippen LogP) is 3.54. The molecule has 1 N–H and O–H groups in total. The number of urea groups is 1. The van der Waals surface area contributed by atoms with Crippen LogP contribution in [0.3, 0.4) is 0 Å². The molecule has 0 spiro atoms. The monoisotopic (exact) mass is 281 g/mol. The molecule has 1 aromatic rings. The van der Waals surface area contributed by atoms with E-state index in [9.17, 15) is 9.18 Å². The average Bonchev–Trinajstić information content (AvgIpc) is 2.39. The first-order valence-electron chi connectivity index (χ1n) is 6.99. The van der Waals surface area contributed by atoms with Gasteiger partial charge in [0.25, 0.3) is 0 Å². The molecule has 0 fully saturated rings. The van der Waals surface area contributed by atoms with E-state index >= 15 is 0 Å². The number of halogens is 1. The quantitative estimate of drug-likeness (QED) is 0.896. The van der Waals surface area contributed by atoms with Gasteiger partial charge >= 0.3 is 6.03 Å². The topological polar surface area (TPSA) is 35.6 Å². The molecule has 2 amide bonds. The highest BCUT2D eigenvalue weighted by atomic mass is 19.1. The van der Waals surface area contributed by atoms with Gasteiger partial charge in [0.15, 0.2) is 0 Å². The van der Waals surface area contributed by atoms with Crippen LogP contribution in [0, 0.1) is 5.82 Å². The van der Waals surface area contributed by atoms with Crippen LogP contribution in [-0.2, 0) is 0 Å². The molecule has 4 nitrogen and oxygen atoms in total. The number of rotatable bonds is 5. The lowest BCUT2D eigenvalue weighted by Crippen LogP contribution is -2.34. The minimum Gasteiger partial charge on any atom is -0.370 e. The number of nitrogens with one attached hydrogen (secondary N) is 1. The van der Waals surface area contributed by atoms with Crippen molar-refractivity contribution in [3.63, 3.8) is 0 Å². The van der Waals surface area contributed by atoms with E-state index < -0.39 is 0 Å². The SMILES string of the molecule is CCN(CC)C(=O)Nc1ccc(N(C)C(C)C)c(F)c1. The van der Waals surface area contributed by atoms with E-state index in [1.807, 2.05) is 39.6 Å². The molecule has 20 heavy (non-hydrogen) atoms. The van der Waals surface area contributed by atoms with Crippen molar-refractivity contribution in [2.24, 2.45) is 0 Å². The number of hydrogen-bond acceptors (Lipinski definition) is 2. The Hall–Kier alpha value is -1.78. The van der Waals surface area contributed by atoms with Gasteiger partial charge in [-0.2, -0.15) is 0 Å². The molecular formula is C15H24FN3O. The fourth-order valence-electron chi connectivity index (χ4n) is 1.86. The van der Waals surface area contributed by atoms with E-state index in [-0.39, 0.29) is 17.9 Å². The Kier molecular flexibility index (Phi) is 5.80. The highest BCUT2D eigenvalue weighted by molar-refractivity contribution is 5.89. The number of amides is 2. The van der Waals surface area contributed by atoms with Crippen molar-refractivity contribution in [3.05, 3.63) is 24.0 Å². The zero-order chi connectivity index (χ0) is 15.3. The molecule has 0 unspecified atom stereocenters. The minimum atomic E-state index is -0.335. The molecule has 0 aliphatic heterocycles. The van der Waals surface area contributed by atoms with Crippen molar-refractivity contribution in [3.8, 4) is 0 Å². The van der Waals surface area contributed by atoms with Crippen LogP contribution in [0.5, 0.6) is 0 Å². The Morgan fingerprint density at radius 3 is 2.35 bits per heavy atom. The van der Waals surface area contributed by atoms with Crippen molar-refractivity contribution in [1.29, 1.82) is 0 Å². The van der Waals surface area contributed by atoms with Gasteiger partial charge < -0.3 is 15.1 Å². The number of hydrogen-bond donors (Lipinski definition) is 1. The number of benzene rings is 1. The lowest BCUT2D eigenvalue weighted by atomic mass is 10.2. The van der Waals surface area contributed by atoms with E-state index in [0.29, 0.717) is 24.5 Å². The van der Waals surface area contributed by atoms with Gasteiger partial charge in [-0.25, -0.2) is 9.18 Å². The van der Waals surface area contributed by atoms with E-state index in [2.05, 4.69) is 5.32 Å². The average molecular weight is 281 g/mol. The Balaban J connectivity index is 2.85. The molecular weight excluding hydrogens is 257 g/mol. The molecule has 1 aromatic carbocycles. The lowest BCUT2D eigenvalue weighted by Gasteiger charge is -2.25. The normalized spacial score (nSPS) is 10.6. The maximum absolute atomic E-state index is 14.1. The summed E-state index contributed by atoms with van der Waals surface area (Å²) < 4.78 is 14.1. The highest BCUT2D eigenvalue weighted by Crippen LogP contribution is 2.23. The Morgan fingerprint density at radius 1 is 1.30 bits per heavy atom. The molecule has 112 valence electrons. The molecule has 0 atom stereocenters. The third kappa shape index (κ3) is 3.85. The zero-order valence-corrected chi connectivity index (χ0v) is 12.9. The summed E-state index contributed by atoms with van der Waals surface area (Å²) in [4.78, 5) is 15.4. The van der Waals surface area contributed by atoms with Gasteiger partial charge in [-0.15, -0.1) is 0 Å². The van der Waals surface area contributed by atoms with Crippen LogP contribution in [0.25, 0.3) is 0 Å². The van der Waals surface area contributed by atoms with Gasteiger partial charge in [-0.1, -0.05) is 0 Å². The van der Waals surface area contributed by atoms with Gasteiger partial charge in [0.1, 0.15) is 5.82 Å². The summed E-state index contributed by atoms with van der Waals surface area (Å²) in [5, 5.41) is 2.71. The van der Waals surface area contributed by atoms with Gasteiger partial charge in [-0.05, 0) is 45.9 Å². The zero-order valence-electron chi connectivity index (χ0n) is 12.9. The van der Waals surface area contributed by atoms with Crippen molar-refractivity contribution in [2.75, 3.05) is 30.4 Å². The van der Waals surface area contributed by atoms with Crippen molar-refractivity contribution < 1.29 is 9.18 Å². The summed E-state index contributed by atoms with van der Waals surface area (Å²) >= 11 is 0. The summed E-state index contributed by atoms with van der Waals surface area (Å²) in [5.41, 5.74) is 1.00. The molecule has 0 heterocycles. The first-order valence-corrected chi connectivity index (χ1v) is 6.99.